The van der Waals surface area contributed by atoms with Crippen LogP contribution in [-0.2, 0) is 4.79 Å². The van der Waals surface area contributed by atoms with Gasteiger partial charge in [0.15, 0.2) is 0 Å². The number of fused-ring (bicyclic) bond motifs is 2. The number of hydrogen-bond donors (Lipinski definition) is 3. The van der Waals surface area contributed by atoms with Gasteiger partial charge < -0.3 is 15.6 Å². The molecule has 3 heterocycles. The smallest absolute Gasteiger partial charge is 0.251 e. The molecule has 1 aliphatic rings. The summed E-state index contributed by atoms with van der Waals surface area (Å²) in [6.07, 6.45) is 3.42. The van der Waals surface area contributed by atoms with Crippen molar-refractivity contribution in [3.8, 4) is 0 Å². The number of amides is 2. The van der Waals surface area contributed by atoms with Gasteiger partial charge in [-0.2, -0.15) is 0 Å². The van der Waals surface area contributed by atoms with Crippen molar-refractivity contribution in [3.05, 3.63) is 59.9 Å². The van der Waals surface area contributed by atoms with Crippen LogP contribution in [0, 0.1) is 0 Å². The second-order valence-electron chi connectivity index (χ2n) is 5.48. The summed E-state index contributed by atoms with van der Waals surface area (Å²) in [6, 6.07) is 11.0. The minimum Gasteiger partial charge on any atom is -0.351 e. The molecule has 2 amide bonds. The van der Waals surface area contributed by atoms with Gasteiger partial charge in [0.05, 0.1) is 17.8 Å². The maximum atomic E-state index is 12.6. The van der Waals surface area contributed by atoms with E-state index in [-0.39, 0.29) is 11.8 Å². The molecule has 1 unspecified atom stereocenters. The molecule has 0 radical (unpaired) electrons. The summed E-state index contributed by atoms with van der Waals surface area (Å²) in [5.74, 6) is -0.708. The number of H-pyrrole nitrogens is 1. The van der Waals surface area contributed by atoms with E-state index < -0.39 is 5.92 Å². The Bertz CT molecular complexity index is 916. The lowest BCUT2D eigenvalue weighted by atomic mass is 9.90. The number of carbonyl (C=O) groups excluding carboxylic acids is 2. The second-order valence-corrected chi connectivity index (χ2v) is 5.48. The first kappa shape index (κ1) is 13.5. The Morgan fingerprint density at radius 2 is 2.13 bits per heavy atom. The van der Waals surface area contributed by atoms with E-state index in [0.29, 0.717) is 17.8 Å². The van der Waals surface area contributed by atoms with E-state index in [1.807, 2.05) is 24.3 Å². The number of pyridine rings is 1. The lowest BCUT2D eigenvalue weighted by molar-refractivity contribution is -0.117. The van der Waals surface area contributed by atoms with Crippen molar-refractivity contribution < 1.29 is 9.59 Å². The largest absolute Gasteiger partial charge is 0.351 e. The normalized spacial score (nSPS) is 16.7. The lowest BCUT2D eigenvalue weighted by Gasteiger charge is -2.24. The number of nitrogens with one attached hydrogen (secondary N) is 3. The van der Waals surface area contributed by atoms with Gasteiger partial charge >= 0.3 is 0 Å². The SMILES string of the molecule is O=C1NCC(C(=O)Nc2cnc3[nH]ccc3c2)c2ccccc21. The van der Waals surface area contributed by atoms with Crippen molar-refractivity contribution in [2.75, 3.05) is 11.9 Å². The molecule has 23 heavy (non-hydrogen) atoms. The quantitative estimate of drug-likeness (QED) is 0.677. The predicted molar refractivity (Wildman–Crippen MR) is 86.2 cm³/mol. The minimum atomic E-state index is -0.411. The molecule has 2 aromatic heterocycles. The zero-order valence-electron chi connectivity index (χ0n) is 12.2. The zero-order chi connectivity index (χ0) is 15.8. The average molecular weight is 306 g/mol. The van der Waals surface area contributed by atoms with Crippen molar-refractivity contribution >= 4 is 28.5 Å². The van der Waals surface area contributed by atoms with E-state index in [2.05, 4.69) is 20.6 Å². The van der Waals surface area contributed by atoms with Gasteiger partial charge in [-0.3, -0.25) is 9.59 Å². The van der Waals surface area contributed by atoms with Crippen LogP contribution in [0.1, 0.15) is 21.8 Å². The van der Waals surface area contributed by atoms with Gasteiger partial charge in [0.2, 0.25) is 5.91 Å². The standard InChI is InChI=1S/C17H14N4O2/c22-16-13-4-2-1-3-12(13)14(9-20-16)17(23)21-11-7-10-5-6-18-15(10)19-8-11/h1-8,14H,9H2,(H,18,19)(H,20,22)(H,21,23). The maximum Gasteiger partial charge on any atom is 0.251 e. The molecule has 1 atom stereocenters. The second kappa shape index (κ2) is 5.24. The predicted octanol–water partition coefficient (Wildman–Crippen LogP) is 2.03. The van der Waals surface area contributed by atoms with Crippen molar-refractivity contribution in [1.82, 2.24) is 15.3 Å². The molecule has 0 spiro atoms. The van der Waals surface area contributed by atoms with E-state index in [1.54, 1.807) is 24.5 Å². The van der Waals surface area contributed by atoms with E-state index in [1.165, 1.54) is 0 Å². The van der Waals surface area contributed by atoms with Gasteiger partial charge in [0.1, 0.15) is 5.65 Å². The molecular formula is C17H14N4O2. The first-order valence-corrected chi connectivity index (χ1v) is 7.33. The molecule has 0 bridgehead atoms. The lowest BCUT2D eigenvalue weighted by Crippen LogP contribution is -2.40. The van der Waals surface area contributed by atoms with Gasteiger partial charge in [0.25, 0.3) is 5.91 Å². The summed E-state index contributed by atoms with van der Waals surface area (Å²) in [6.45, 7) is 0.293. The summed E-state index contributed by atoms with van der Waals surface area (Å²) >= 11 is 0. The molecule has 6 nitrogen and oxygen atoms in total. The molecule has 1 aromatic carbocycles. The minimum absolute atomic E-state index is 0.139. The summed E-state index contributed by atoms with van der Waals surface area (Å²) < 4.78 is 0. The van der Waals surface area contributed by atoms with Gasteiger partial charge in [-0.15, -0.1) is 0 Å². The molecule has 0 saturated carbocycles. The molecule has 1 aliphatic heterocycles. The highest BCUT2D eigenvalue weighted by atomic mass is 16.2. The molecule has 6 heteroatoms. The summed E-state index contributed by atoms with van der Waals surface area (Å²) in [5.41, 5.74) is 2.72. The van der Waals surface area contributed by atoms with Gasteiger partial charge in [-0.25, -0.2) is 4.98 Å². The molecule has 0 saturated heterocycles. The van der Waals surface area contributed by atoms with Crippen LogP contribution >= 0.6 is 0 Å². The van der Waals surface area contributed by atoms with Crippen LogP contribution in [0.25, 0.3) is 11.0 Å². The van der Waals surface area contributed by atoms with Crippen LogP contribution in [0.4, 0.5) is 5.69 Å². The Morgan fingerprint density at radius 1 is 1.26 bits per heavy atom. The number of benzene rings is 1. The topological polar surface area (TPSA) is 86.9 Å². The zero-order valence-corrected chi connectivity index (χ0v) is 12.2. The van der Waals surface area contributed by atoms with Crippen LogP contribution in [0.5, 0.6) is 0 Å². The van der Waals surface area contributed by atoms with Gasteiger partial charge in [-0.05, 0) is 23.8 Å². The fraction of sp³-hybridized carbons (Fsp3) is 0.118. The highest BCUT2D eigenvalue weighted by Gasteiger charge is 2.30. The Hall–Kier alpha value is -3.15. The highest BCUT2D eigenvalue weighted by molar-refractivity contribution is 6.04. The monoisotopic (exact) mass is 306 g/mol. The fourth-order valence-corrected chi connectivity index (χ4v) is 2.88. The highest BCUT2D eigenvalue weighted by Crippen LogP contribution is 2.25. The Labute approximate surface area is 131 Å². The Kier molecular flexibility index (Phi) is 3.08. The van der Waals surface area contributed by atoms with Gasteiger partial charge in [-0.1, -0.05) is 18.2 Å². The number of hydrogen-bond acceptors (Lipinski definition) is 3. The van der Waals surface area contributed by atoms with Crippen LogP contribution in [0.15, 0.2) is 48.8 Å². The number of nitrogens with zero attached hydrogens (tertiary/aromatic N) is 1. The Balaban J connectivity index is 1.62. The van der Waals surface area contributed by atoms with Crippen molar-refractivity contribution in [3.63, 3.8) is 0 Å². The number of aromatic nitrogens is 2. The number of carbonyl (C=O) groups is 2. The number of anilines is 1. The molecule has 3 aromatic rings. The number of aromatic amines is 1. The average Bonchev–Trinajstić information content (AvgIpc) is 3.03. The Morgan fingerprint density at radius 3 is 3.04 bits per heavy atom. The molecule has 114 valence electrons. The molecule has 3 N–H and O–H groups in total. The van der Waals surface area contributed by atoms with Crippen LogP contribution < -0.4 is 10.6 Å². The molecule has 0 aliphatic carbocycles. The summed E-state index contributed by atoms with van der Waals surface area (Å²) in [7, 11) is 0. The van der Waals surface area contributed by atoms with Crippen molar-refractivity contribution in [1.29, 1.82) is 0 Å². The maximum absolute atomic E-state index is 12.6. The first-order valence-electron chi connectivity index (χ1n) is 7.33. The summed E-state index contributed by atoms with van der Waals surface area (Å²) in [4.78, 5) is 31.8. The molecular weight excluding hydrogens is 292 g/mol. The molecule has 4 rings (SSSR count). The summed E-state index contributed by atoms with van der Waals surface area (Å²) in [5, 5.41) is 6.57. The van der Waals surface area contributed by atoms with Crippen LogP contribution in [0.2, 0.25) is 0 Å². The van der Waals surface area contributed by atoms with E-state index in [0.717, 1.165) is 16.6 Å². The number of rotatable bonds is 2. The third kappa shape index (κ3) is 2.34. The van der Waals surface area contributed by atoms with Crippen LogP contribution in [-0.4, -0.2) is 28.3 Å². The van der Waals surface area contributed by atoms with E-state index in [4.69, 9.17) is 0 Å². The molecule has 0 fully saturated rings. The third-order valence-electron chi connectivity index (χ3n) is 4.03. The fourth-order valence-electron chi connectivity index (χ4n) is 2.88. The van der Waals surface area contributed by atoms with Crippen molar-refractivity contribution in [2.45, 2.75) is 5.92 Å². The first-order chi connectivity index (χ1) is 11.2. The van der Waals surface area contributed by atoms with Gasteiger partial charge in [0, 0.05) is 23.7 Å². The van der Waals surface area contributed by atoms with E-state index in [9.17, 15) is 9.59 Å². The van der Waals surface area contributed by atoms with E-state index >= 15 is 0 Å². The third-order valence-corrected chi connectivity index (χ3v) is 4.03. The van der Waals surface area contributed by atoms with Crippen LogP contribution in [0.3, 0.4) is 0 Å². The van der Waals surface area contributed by atoms with Crippen molar-refractivity contribution in [2.24, 2.45) is 0 Å².